The molecule has 1 saturated heterocycles. The number of nitrogens with two attached hydrogens (primary N) is 1. The molecular formula is C38H32FN7O2S. The highest BCUT2D eigenvalue weighted by Gasteiger charge is 2.50. The number of amides is 1. The monoisotopic (exact) mass is 669 g/mol. The number of hydrogen-bond donors (Lipinski definition) is 2. The first-order chi connectivity index (χ1) is 23.8. The number of halogens is 1. The molecule has 9 nitrogen and oxygen atoms in total. The Labute approximate surface area is 287 Å². The molecule has 11 heteroatoms. The largest absolute Gasteiger partial charge is 0.369 e. The third-order valence-electron chi connectivity index (χ3n) is 9.04. The second-order valence-corrected chi connectivity index (χ2v) is 12.8. The molecule has 0 saturated carbocycles. The van der Waals surface area contributed by atoms with Crippen molar-refractivity contribution in [1.82, 2.24) is 9.96 Å². The lowest BCUT2D eigenvalue weighted by molar-refractivity contribution is -0.153. The molecule has 2 aliphatic heterocycles. The minimum Gasteiger partial charge on any atom is -0.369 e. The highest BCUT2D eigenvalue weighted by molar-refractivity contribution is 7.10. The summed E-state index contributed by atoms with van der Waals surface area (Å²) in [6.45, 7) is 2.27. The molecule has 2 aliphatic rings. The maximum Gasteiger partial charge on any atom is 0.266 e. The van der Waals surface area contributed by atoms with E-state index < -0.39 is 5.54 Å². The molecule has 2 unspecified atom stereocenters. The Morgan fingerprint density at radius 2 is 1.76 bits per heavy atom. The molecule has 3 heterocycles. The van der Waals surface area contributed by atoms with E-state index in [1.807, 2.05) is 102 Å². The lowest BCUT2D eigenvalue weighted by Crippen LogP contribution is -2.53. The Kier molecular flexibility index (Phi) is 8.42. The van der Waals surface area contributed by atoms with Crippen LogP contribution in [0.3, 0.4) is 0 Å². The Hall–Kier alpha value is -5.83. The Balaban J connectivity index is 1.25. The number of aliphatic imine (C=N–C) groups is 1. The van der Waals surface area contributed by atoms with Gasteiger partial charge in [-0.05, 0) is 76.5 Å². The fraction of sp³-hybridized carbons (Fsp3) is 0.158. The number of carbonyl (C=O) groups excluding carboxylic acids is 1. The number of guanidine groups is 1. The minimum atomic E-state index is -1.34. The number of nitriles is 1. The summed E-state index contributed by atoms with van der Waals surface area (Å²) in [5.74, 6) is -0.517. The van der Waals surface area contributed by atoms with E-state index >= 15 is 0 Å². The van der Waals surface area contributed by atoms with Gasteiger partial charge in [0.2, 0.25) is 0 Å². The molecule has 1 aromatic heterocycles. The van der Waals surface area contributed by atoms with E-state index in [9.17, 15) is 14.4 Å². The van der Waals surface area contributed by atoms with E-state index in [1.165, 1.54) is 33.4 Å². The first-order valence-corrected chi connectivity index (χ1v) is 16.6. The molecule has 4 aromatic carbocycles. The lowest BCUT2D eigenvalue weighted by Gasteiger charge is -2.46. The van der Waals surface area contributed by atoms with Crippen molar-refractivity contribution in [1.29, 1.82) is 10.7 Å². The first-order valence-electron chi connectivity index (χ1n) is 15.7. The van der Waals surface area contributed by atoms with Crippen molar-refractivity contribution in [3.63, 3.8) is 0 Å². The van der Waals surface area contributed by atoms with Gasteiger partial charge in [-0.15, -0.1) is 11.3 Å². The summed E-state index contributed by atoms with van der Waals surface area (Å²) in [6, 6.07) is 34.6. The number of anilines is 1. The molecule has 1 fully saturated rings. The summed E-state index contributed by atoms with van der Waals surface area (Å²) in [4.78, 5) is 29.8. The van der Waals surface area contributed by atoms with Crippen LogP contribution in [0.5, 0.6) is 0 Å². The smallest absolute Gasteiger partial charge is 0.266 e. The predicted octanol–water partition coefficient (Wildman–Crippen LogP) is 6.77. The average molecular weight is 670 g/mol. The van der Waals surface area contributed by atoms with Crippen molar-refractivity contribution in [2.75, 3.05) is 11.5 Å². The molecule has 1 amide bonds. The zero-order valence-electron chi connectivity index (χ0n) is 26.5. The Morgan fingerprint density at radius 1 is 1.04 bits per heavy atom. The number of nitrogens with one attached hydrogen (secondary N) is 1. The molecule has 3 N–H and O–H groups in total. The summed E-state index contributed by atoms with van der Waals surface area (Å²) >= 11 is 1.52. The van der Waals surface area contributed by atoms with E-state index in [0.717, 1.165) is 27.9 Å². The highest BCUT2D eigenvalue weighted by Crippen LogP contribution is 2.42. The van der Waals surface area contributed by atoms with Gasteiger partial charge in [0.15, 0.2) is 11.5 Å². The number of hydrogen-bond acceptors (Lipinski definition) is 8. The Bertz CT molecular complexity index is 2060. The van der Waals surface area contributed by atoms with Crippen molar-refractivity contribution >= 4 is 35.2 Å². The number of thiophene rings is 1. The summed E-state index contributed by atoms with van der Waals surface area (Å²) in [6.07, 6.45) is 0.727. The number of benzene rings is 4. The molecule has 5 aromatic rings. The van der Waals surface area contributed by atoms with E-state index in [0.29, 0.717) is 22.4 Å². The fourth-order valence-corrected chi connectivity index (χ4v) is 7.64. The molecule has 49 heavy (non-hydrogen) atoms. The molecule has 2 atom stereocenters. The molecule has 0 bridgehead atoms. The van der Waals surface area contributed by atoms with Crippen LogP contribution in [0.4, 0.5) is 10.1 Å². The molecule has 7 rings (SSSR count). The van der Waals surface area contributed by atoms with Crippen LogP contribution in [-0.2, 0) is 21.7 Å². The first kappa shape index (κ1) is 31.8. The van der Waals surface area contributed by atoms with Crippen LogP contribution in [0.25, 0.3) is 11.1 Å². The summed E-state index contributed by atoms with van der Waals surface area (Å²) < 4.78 is 14.4. The maximum absolute atomic E-state index is 14.5. The SMILES string of the molecule is CC1N(C=N)OCC(c2cc(-c3cc(C#N)ccc3CN3C(=O)C(c4ccccc4)(c4ccccc4)N=C3N)cs2)N1c1cccc(F)c1. The fourth-order valence-electron chi connectivity index (χ4n) is 6.65. The van der Waals surface area contributed by atoms with Gasteiger partial charge in [0.05, 0.1) is 24.2 Å². The van der Waals surface area contributed by atoms with E-state index in [1.54, 1.807) is 12.1 Å². The zero-order chi connectivity index (χ0) is 34.1. The number of nitrogens with zero attached hydrogens (tertiary/aromatic N) is 5. The second-order valence-electron chi connectivity index (χ2n) is 11.8. The zero-order valence-corrected chi connectivity index (χ0v) is 27.3. The van der Waals surface area contributed by atoms with Gasteiger partial charge in [0, 0.05) is 10.6 Å². The molecule has 0 radical (unpaired) electrons. The van der Waals surface area contributed by atoms with Crippen molar-refractivity contribution in [3.8, 4) is 17.2 Å². The predicted molar refractivity (Wildman–Crippen MR) is 188 cm³/mol. The summed E-state index contributed by atoms with van der Waals surface area (Å²) in [5, 5.41) is 21.1. The van der Waals surface area contributed by atoms with Gasteiger partial charge in [-0.1, -0.05) is 72.8 Å². The van der Waals surface area contributed by atoms with Crippen LogP contribution < -0.4 is 10.6 Å². The second kappa shape index (κ2) is 13.0. The van der Waals surface area contributed by atoms with Crippen LogP contribution in [0.2, 0.25) is 0 Å². The lowest BCUT2D eigenvalue weighted by atomic mass is 9.83. The van der Waals surface area contributed by atoms with E-state index in [2.05, 4.69) is 6.07 Å². The van der Waals surface area contributed by atoms with E-state index in [4.69, 9.17) is 21.0 Å². The van der Waals surface area contributed by atoms with Crippen LogP contribution >= 0.6 is 11.3 Å². The number of carbonyl (C=O) groups is 1. The van der Waals surface area contributed by atoms with Crippen LogP contribution in [0.1, 0.15) is 40.1 Å². The summed E-state index contributed by atoms with van der Waals surface area (Å²) in [5.41, 5.74) is 10.2. The molecule has 244 valence electrons. The molecule has 0 spiro atoms. The normalized spacial score (nSPS) is 18.7. The van der Waals surface area contributed by atoms with Crippen molar-refractivity contribution in [2.45, 2.75) is 31.2 Å². The van der Waals surface area contributed by atoms with Crippen LogP contribution in [-0.4, -0.2) is 40.9 Å². The number of hydroxylamine groups is 2. The maximum atomic E-state index is 14.5. The van der Waals surface area contributed by atoms with Crippen LogP contribution in [0, 0.1) is 22.6 Å². The Morgan fingerprint density at radius 3 is 2.41 bits per heavy atom. The van der Waals surface area contributed by atoms with Crippen molar-refractivity contribution < 1.29 is 14.0 Å². The van der Waals surface area contributed by atoms with Crippen LogP contribution in [0.15, 0.2) is 120 Å². The quantitative estimate of drug-likeness (QED) is 0.139. The average Bonchev–Trinajstić information content (AvgIpc) is 3.72. The highest BCUT2D eigenvalue weighted by atomic mass is 32.1. The van der Waals surface area contributed by atoms with Crippen molar-refractivity contribution in [2.24, 2.45) is 10.7 Å². The van der Waals surface area contributed by atoms with Gasteiger partial charge < -0.3 is 10.6 Å². The standard InChI is InChI=1S/C38H32FN7O2S/c1-25-45(24-41)48-22-34(46(25)32-14-8-13-31(39)19-32)35-18-28(23-49-35)33-17-26(20-40)15-16-27(33)21-44-36(47)38(43-37(44)42,29-9-4-2-5-10-29)30-11-6-3-7-12-30/h2-19,23-25,34,41H,21-22H2,1H3,(H2,42,43). The van der Waals surface area contributed by atoms with Crippen molar-refractivity contribution in [3.05, 3.63) is 148 Å². The van der Waals surface area contributed by atoms with Gasteiger partial charge in [0.1, 0.15) is 24.9 Å². The van der Waals surface area contributed by atoms with Gasteiger partial charge in [0.25, 0.3) is 5.91 Å². The summed E-state index contributed by atoms with van der Waals surface area (Å²) in [7, 11) is 0. The van der Waals surface area contributed by atoms with E-state index in [-0.39, 0.29) is 43.0 Å². The third kappa shape index (κ3) is 5.61. The van der Waals surface area contributed by atoms with Gasteiger partial charge in [-0.3, -0.25) is 19.9 Å². The minimum absolute atomic E-state index is 0.105. The van der Waals surface area contributed by atoms with Gasteiger partial charge >= 0.3 is 0 Å². The van der Waals surface area contributed by atoms with Gasteiger partial charge in [-0.2, -0.15) is 5.26 Å². The molecular weight excluding hydrogens is 638 g/mol. The third-order valence-corrected chi connectivity index (χ3v) is 10.1. The molecule has 0 aliphatic carbocycles. The van der Waals surface area contributed by atoms with Gasteiger partial charge in [-0.25, -0.2) is 14.4 Å². The topological polar surface area (TPSA) is 122 Å². The number of rotatable bonds is 8.